The second kappa shape index (κ2) is 15.4. The molecular formula is C32H41N6O3S+. The van der Waals surface area contributed by atoms with Crippen LogP contribution in [0.3, 0.4) is 0 Å². The number of aromatic nitrogens is 1. The maximum Gasteiger partial charge on any atom is 0.240 e. The van der Waals surface area contributed by atoms with Gasteiger partial charge in [-0.25, -0.2) is 0 Å². The van der Waals surface area contributed by atoms with E-state index in [0.717, 1.165) is 32.2 Å². The molecule has 10 heteroatoms. The Morgan fingerprint density at radius 2 is 1.76 bits per heavy atom. The Morgan fingerprint density at radius 1 is 0.976 bits per heavy atom. The number of primary amides is 1. The Hall–Kier alpha value is -3.89. The van der Waals surface area contributed by atoms with Crippen LogP contribution in [0.2, 0.25) is 0 Å². The van der Waals surface area contributed by atoms with E-state index in [1.807, 2.05) is 0 Å². The molecule has 42 heavy (non-hydrogen) atoms. The number of carbonyl (C=O) groups excluding carboxylic acids is 3. The highest BCUT2D eigenvalue weighted by atomic mass is 32.2. The molecule has 0 fully saturated rings. The third-order valence-corrected chi connectivity index (χ3v) is 8.55. The Morgan fingerprint density at radius 3 is 2.55 bits per heavy atom. The minimum Gasteiger partial charge on any atom is -0.368 e. The molecule has 0 bridgehead atoms. The number of aryl methyl sites for hydroxylation is 1. The zero-order valence-electron chi connectivity index (χ0n) is 24.2. The van der Waals surface area contributed by atoms with E-state index in [2.05, 4.69) is 94.0 Å². The third kappa shape index (κ3) is 8.33. The summed E-state index contributed by atoms with van der Waals surface area (Å²) in [5.41, 5.74) is 14.4. The van der Waals surface area contributed by atoms with Crippen LogP contribution in [0.5, 0.6) is 0 Å². The van der Waals surface area contributed by atoms with Crippen LogP contribution in [0.15, 0.2) is 70.7 Å². The number of fused-ring (bicyclic) bond motifs is 2. The summed E-state index contributed by atoms with van der Waals surface area (Å²) in [4.78, 5) is 39.5. The molecule has 0 unspecified atom stereocenters. The topological polar surface area (TPSA) is 134 Å². The van der Waals surface area contributed by atoms with Gasteiger partial charge in [0.25, 0.3) is 0 Å². The lowest BCUT2D eigenvalue weighted by molar-refractivity contribution is -0.671. The van der Waals surface area contributed by atoms with Crippen LogP contribution in [0.25, 0.3) is 17.0 Å². The van der Waals surface area contributed by atoms with Crippen LogP contribution in [-0.4, -0.2) is 43.9 Å². The number of nitrogens with two attached hydrogens (primary N) is 2. The van der Waals surface area contributed by atoms with Crippen molar-refractivity contribution in [1.82, 2.24) is 10.6 Å². The summed E-state index contributed by atoms with van der Waals surface area (Å²) in [6.45, 7) is 1.19. The molecule has 2 aromatic carbocycles. The molecule has 0 spiro atoms. The number of amides is 3. The normalized spacial score (nSPS) is 14.1. The molecule has 6 N–H and O–H groups in total. The number of hydrogen-bond donors (Lipinski definition) is 4. The highest BCUT2D eigenvalue weighted by Gasteiger charge is 2.22. The minimum atomic E-state index is -0.750. The molecule has 9 nitrogen and oxygen atoms in total. The number of carbonyl (C=O) groups is 3. The van der Waals surface area contributed by atoms with Crippen LogP contribution >= 0.6 is 11.8 Å². The lowest BCUT2D eigenvalue weighted by Gasteiger charge is -2.15. The molecule has 3 amide bonds. The number of anilines is 1. The van der Waals surface area contributed by atoms with E-state index in [1.54, 1.807) is 11.8 Å². The highest BCUT2D eigenvalue weighted by Crippen LogP contribution is 2.45. The number of hydrogen-bond acceptors (Lipinski definition) is 6. The lowest BCUT2D eigenvalue weighted by atomic mass is 10.1. The molecule has 0 saturated carbocycles. The molecule has 222 valence electrons. The summed E-state index contributed by atoms with van der Waals surface area (Å²) in [5.74, 6) is -1.20. The highest BCUT2D eigenvalue weighted by molar-refractivity contribution is 8.03. The number of thioether (sulfide) groups is 1. The standard InChI is InChI=1S/C32H40N6O3S/c1-37-27-14-6-7-15-28(27)42-31(37)21-23-17-20-38(26-13-5-4-11-24(23)26)19-10-2-3-16-29(39)35-22-30(40)36-25(32(34)41)12-8-9-18-33/h4-7,11,13-15,17,20-21,25H,2-3,8-10,12,16,18-19,22,33H2,1H3,(H3-,34,35,36,39,40,41)/p+1/t25-/m1/s1. The number of unbranched alkanes of at least 4 members (excludes halogenated alkanes) is 3. The summed E-state index contributed by atoms with van der Waals surface area (Å²) < 4.78 is 2.27. The van der Waals surface area contributed by atoms with Crippen molar-refractivity contribution in [1.29, 1.82) is 0 Å². The van der Waals surface area contributed by atoms with Crippen molar-refractivity contribution in [3.8, 4) is 0 Å². The lowest BCUT2D eigenvalue weighted by Crippen LogP contribution is -2.47. The molecule has 3 aromatic rings. The quantitative estimate of drug-likeness (QED) is 0.159. The number of pyridine rings is 1. The number of para-hydroxylation sites is 2. The van der Waals surface area contributed by atoms with Gasteiger partial charge >= 0.3 is 0 Å². The van der Waals surface area contributed by atoms with Crippen molar-refractivity contribution in [2.75, 3.05) is 25.0 Å². The van der Waals surface area contributed by atoms with Crippen molar-refractivity contribution in [3.63, 3.8) is 0 Å². The van der Waals surface area contributed by atoms with Crippen molar-refractivity contribution >= 4 is 52.1 Å². The monoisotopic (exact) mass is 589 g/mol. The summed E-state index contributed by atoms with van der Waals surface area (Å²) in [6.07, 6.45) is 9.16. The second-order valence-corrected chi connectivity index (χ2v) is 11.5. The van der Waals surface area contributed by atoms with Gasteiger partial charge in [0, 0.05) is 36.9 Å². The van der Waals surface area contributed by atoms with Gasteiger partial charge in [-0.2, -0.15) is 4.57 Å². The summed E-state index contributed by atoms with van der Waals surface area (Å²) in [5, 5.41) is 7.62. The van der Waals surface area contributed by atoms with Crippen LogP contribution in [0.4, 0.5) is 5.69 Å². The second-order valence-electron chi connectivity index (χ2n) is 10.5. The molecule has 0 aliphatic carbocycles. The first-order valence-electron chi connectivity index (χ1n) is 14.6. The van der Waals surface area contributed by atoms with Crippen molar-refractivity contribution in [2.24, 2.45) is 11.5 Å². The van der Waals surface area contributed by atoms with Crippen LogP contribution in [0.1, 0.15) is 50.5 Å². The number of benzene rings is 2. The molecule has 1 atom stereocenters. The van der Waals surface area contributed by atoms with Gasteiger partial charge in [0.05, 0.1) is 22.6 Å². The third-order valence-electron chi connectivity index (χ3n) is 7.38. The summed E-state index contributed by atoms with van der Waals surface area (Å²) >= 11 is 1.79. The van der Waals surface area contributed by atoms with Crippen molar-refractivity contribution in [3.05, 3.63) is 71.4 Å². The van der Waals surface area contributed by atoms with Gasteiger partial charge in [0.1, 0.15) is 12.6 Å². The van der Waals surface area contributed by atoms with Crippen molar-refractivity contribution in [2.45, 2.75) is 62.4 Å². The molecule has 0 radical (unpaired) electrons. The van der Waals surface area contributed by atoms with E-state index in [-0.39, 0.29) is 12.5 Å². The fourth-order valence-electron chi connectivity index (χ4n) is 5.04. The number of rotatable bonds is 15. The van der Waals surface area contributed by atoms with E-state index < -0.39 is 17.9 Å². The Balaban J connectivity index is 1.23. The molecule has 2 heterocycles. The number of nitrogens with one attached hydrogen (secondary N) is 2. The fourth-order valence-corrected chi connectivity index (χ4v) is 6.15. The van der Waals surface area contributed by atoms with Gasteiger partial charge in [-0.05, 0) is 68.5 Å². The average Bonchev–Trinajstić information content (AvgIpc) is 3.31. The SMILES string of the molecule is CN1/C(=C\c2cc[n+](CCCCCC(=O)NCC(=O)N[C@H](CCCCN)C(N)=O)c3ccccc23)Sc2ccccc21. The zero-order chi connectivity index (χ0) is 29.9. The predicted molar refractivity (Wildman–Crippen MR) is 168 cm³/mol. The molecule has 4 rings (SSSR count). The maximum atomic E-state index is 12.2. The van der Waals surface area contributed by atoms with E-state index in [1.165, 1.54) is 32.1 Å². The fraction of sp³-hybridized carbons (Fsp3) is 0.375. The van der Waals surface area contributed by atoms with Gasteiger partial charge in [-0.1, -0.05) is 36.0 Å². The first-order valence-corrected chi connectivity index (χ1v) is 15.4. The van der Waals surface area contributed by atoms with E-state index >= 15 is 0 Å². The van der Waals surface area contributed by atoms with Gasteiger partial charge < -0.3 is 27.0 Å². The largest absolute Gasteiger partial charge is 0.368 e. The van der Waals surface area contributed by atoms with Crippen molar-refractivity contribution < 1.29 is 19.0 Å². The predicted octanol–water partition coefficient (Wildman–Crippen LogP) is 3.44. The van der Waals surface area contributed by atoms with E-state index in [9.17, 15) is 14.4 Å². The Kier molecular flexibility index (Phi) is 11.4. The first kappa shape index (κ1) is 31.1. The van der Waals surface area contributed by atoms with Crippen LogP contribution in [-0.2, 0) is 20.9 Å². The molecule has 1 aromatic heterocycles. The maximum absolute atomic E-state index is 12.2. The minimum absolute atomic E-state index is 0.176. The Labute approximate surface area is 251 Å². The zero-order valence-corrected chi connectivity index (χ0v) is 25.0. The molecular weight excluding hydrogens is 548 g/mol. The van der Waals surface area contributed by atoms with Crippen LogP contribution < -0.4 is 31.6 Å². The van der Waals surface area contributed by atoms with E-state index in [4.69, 9.17) is 11.5 Å². The van der Waals surface area contributed by atoms with Gasteiger partial charge in [0.2, 0.25) is 23.2 Å². The van der Waals surface area contributed by atoms with Gasteiger partial charge in [-0.15, -0.1) is 0 Å². The smallest absolute Gasteiger partial charge is 0.240 e. The summed E-state index contributed by atoms with van der Waals surface area (Å²) in [6, 6.07) is 18.3. The molecule has 0 saturated heterocycles. The van der Waals surface area contributed by atoms with Gasteiger partial charge in [0.15, 0.2) is 6.20 Å². The summed E-state index contributed by atoms with van der Waals surface area (Å²) in [7, 11) is 2.11. The first-order chi connectivity index (χ1) is 20.4. The molecule has 1 aliphatic rings. The number of nitrogens with zero attached hydrogens (tertiary/aromatic N) is 2. The average molecular weight is 590 g/mol. The van der Waals surface area contributed by atoms with E-state index in [0.29, 0.717) is 25.8 Å². The van der Waals surface area contributed by atoms with Crippen LogP contribution in [0, 0.1) is 0 Å². The molecule has 1 aliphatic heterocycles. The Bertz CT molecular complexity index is 1440. The van der Waals surface area contributed by atoms with Gasteiger partial charge in [-0.3, -0.25) is 14.4 Å².